The maximum Gasteiger partial charge on any atom is 0.130 e. The zero-order valence-electron chi connectivity index (χ0n) is 13.8. The van der Waals surface area contributed by atoms with Gasteiger partial charge in [0.05, 0.1) is 19.0 Å². The van der Waals surface area contributed by atoms with E-state index in [4.69, 9.17) is 9.15 Å². The molecule has 0 saturated carbocycles. The van der Waals surface area contributed by atoms with E-state index in [9.17, 15) is 13.9 Å². The number of ether oxygens (including phenoxy) is 1. The molecule has 0 spiro atoms. The van der Waals surface area contributed by atoms with E-state index in [0.717, 1.165) is 12.5 Å². The lowest BCUT2D eigenvalue weighted by atomic mass is 10.1. The Kier molecular flexibility index (Phi) is 7.36. The van der Waals surface area contributed by atoms with Gasteiger partial charge in [0.15, 0.2) is 0 Å². The van der Waals surface area contributed by atoms with Gasteiger partial charge in [0.2, 0.25) is 0 Å². The first-order chi connectivity index (χ1) is 11.6. The highest BCUT2D eigenvalue weighted by Crippen LogP contribution is 2.13. The SMILES string of the molecule is CCCN(Cc1ccc(F)cc1F)C[C@@H](O)COCc1ccco1. The largest absolute Gasteiger partial charge is 0.467 e. The minimum Gasteiger partial charge on any atom is -0.467 e. The van der Waals surface area contributed by atoms with E-state index in [1.165, 1.54) is 12.1 Å². The molecule has 2 aromatic rings. The molecule has 1 atom stereocenters. The van der Waals surface area contributed by atoms with E-state index in [0.29, 0.717) is 37.6 Å². The van der Waals surface area contributed by atoms with Crippen LogP contribution in [0.2, 0.25) is 0 Å². The highest BCUT2D eigenvalue weighted by molar-refractivity contribution is 5.18. The molecular formula is C18H23F2NO3. The van der Waals surface area contributed by atoms with Crippen LogP contribution in [0, 0.1) is 11.6 Å². The van der Waals surface area contributed by atoms with Crippen LogP contribution >= 0.6 is 0 Å². The molecule has 2 rings (SSSR count). The molecule has 0 aliphatic carbocycles. The first-order valence-electron chi connectivity index (χ1n) is 8.03. The number of aliphatic hydroxyl groups is 1. The van der Waals surface area contributed by atoms with Gasteiger partial charge in [0, 0.05) is 24.7 Å². The average Bonchev–Trinajstić information content (AvgIpc) is 3.03. The number of halogens is 2. The van der Waals surface area contributed by atoms with Crippen molar-refractivity contribution < 1.29 is 23.0 Å². The summed E-state index contributed by atoms with van der Waals surface area (Å²) in [4.78, 5) is 1.93. The van der Waals surface area contributed by atoms with E-state index in [-0.39, 0.29) is 6.61 Å². The molecule has 0 amide bonds. The minimum atomic E-state index is -0.699. The van der Waals surface area contributed by atoms with Crippen LogP contribution in [0.15, 0.2) is 41.0 Å². The minimum absolute atomic E-state index is 0.160. The zero-order valence-corrected chi connectivity index (χ0v) is 13.8. The second-order valence-electron chi connectivity index (χ2n) is 5.72. The molecule has 0 radical (unpaired) electrons. The first-order valence-corrected chi connectivity index (χ1v) is 8.03. The monoisotopic (exact) mass is 339 g/mol. The Morgan fingerprint density at radius 3 is 2.79 bits per heavy atom. The fraction of sp³-hybridized carbons (Fsp3) is 0.444. The molecule has 1 aromatic carbocycles. The Balaban J connectivity index is 1.82. The molecule has 0 saturated heterocycles. The zero-order chi connectivity index (χ0) is 17.4. The summed E-state index contributed by atoms with van der Waals surface area (Å²) in [5.74, 6) is -0.467. The van der Waals surface area contributed by atoms with Gasteiger partial charge in [-0.3, -0.25) is 4.90 Å². The van der Waals surface area contributed by atoms with Crippen LogP contribution in [-0.2, 0) is 17.9 Å². The number of hydrogen-bond acceptors (Lipinski definition) is 4. The van der Waals surface area contributed by atoms with Crippen molar-refractivity contribution in [3.8, 4) is 0 Å². The summed E-state index contributed by atoms with van der Waals surface area (Å²) in [6.45, 7) is 3.83. The lowest BCUT2D eigenvalue weighted by Gasteiger charge is -2.24. The summed E-state index contributed by atoms with van der Waals surface area (Å²) < 4.78 is 37.3. The van der Waals surface area contributed by atoms with Gasteiger partial charge in [-0.15, -0.1) is 0 Å². The van der Waals surface area contributed by atoms with E-state index < -0.39 is 17.7 Å². The molecule has 0 fully saturated rings. The first kappa shape index (κ1) is 18.6. The standard InChI is InChI=1S/C18H23F2NO3/c1-2-7-21(10-14-5-6-15(19)9-18(14)20)11-16(22)12-23-13-17-4-3-8-24-17/h3-6,8-9,16,22H,2,7,10-13H2,1H3/t16-/m1/s1. The third-order valence-electron chi connectivity index (χ3n) is 3.55. The van der Waals surface area contributed by atoms with Crippen LogP contribution in [-0.4, -0.2) is 35.8 Å². The van der Waals surface area contributed by atoms with Gasteiger partial charge >= 0.3 is 0 Å². The van der Waals surface area contributed by atoms with Crippen molar-refractivity contribution in [2.45, 2.75) is 32.6 Å². The van der Waals surface area contributed by atoms with Crippen molar-refractivity contribution in [1.82, 2.24) is 4.90 Å². The highest BCUT2D eigenvalue weighted by Gasteiger charge is 2.14. The fourth-order valence-corrected chi connectivity index (χ4v) is 2.48. The molecule has 24 heavy (non-hydrogen) atoms. The summed E-state index contributed by atoms with van der Waals surface area (Å²) in [5.41, 5.74) is 0.411. The Morgan fingerprint density at radius 1 is 1.29 bits per heavy atom. The lowest BCUT2D eigenvalue weighted by Crippen LogP contribution is -2.35. The summed E-state index contributed by atoms with van der Waals surface area (Å²) in [6.07, 6.45) is 1.73. The van der Waals surface area contributed by atoms with Crippen molar-refractivity contribution >= 4 is 0 Å². The Morgan fingerprint density at radius 2 is 2.12 bits per heavy atom. The second-order valence-corrected chi connectivity index (χ2v) is 5.72. The molecule has 1 heterocycles. The molecule has 132 valence electrons. The number of nitrogens with zero attached hydrogens (tertiary/aromatic N) is 1. The molecule has 0 aliphatic heterocycles. The van der Waals surface area contributed by atoms with Crippen LogP contribution in [0.4, 0.5) is 8.78 Å². The lowest BCUT2D eigenvalue weighted by molar-refractivity contribution is 0.00373. The van der Waals surface area contributed by atoms with Crippen molar-refractivity contribution in [3.63, 3.8) is 0 Å². The number of rotatable bonds is 10. The highest BCUT2D eigenvalue weighted by atomic mass is 19.1. The van der Waals surface area contributed by atoms with Gasteiger partial charge in [-0.25, -0.2) is 8.78 Å². The molecular weight excluding hydrogens is 316 g/mol. The average molecular weight is 339 g/mol. The predicted molar refractivity (Wildman–Crippen MR) is 86.3 cm³/mol. The number of aliphatic hydroxyl groups excluding tert-OH is 1. The topological polar surface area (TPSA) is 45.8 Å². The van der Waals surface area contributed by atoms with Gasteiger partial charge in [-0.2, -0.15) is 0 Å². The van der Waals surface area contributed by atoms with Crippen LogP contribution in [0.3, 0.4) is 0 Å². The van der Waals surface area contributed by atoms with Crippen LogP contribution < -0.4 is 0 Å². The second kappa shape index (κ2) is 9.52. The fourth-order valence-electron chi connectivity index (χ4n) is 2.48. The van der Waals surface area contributed by atoms with Crippen LogP contribution in [0.1, 0.15) is 24.7 Å². The maximum atomic E-state index is 13.8. The van der Waals surface area contributed by atoms with E-state index in [1.807, 2.05) is 11.8 Å². The van der Waals surface area contributed by atoms with Gasteiger partial charge < -0.3 is 14.3 Å². The quantitative estimate of drug-likeness (QED) is 0.721. The number of benzene rings is 1. The maximum absolute atomic E-state index is 13.8. The van der Waals surface area contributed by atoms with E-state index >= 15 is 0 Å². The summed E-state index contributed by atoms with van der Waals surface area (Å²) in [5, 5.41) is 10.1. The predicted octanol–water partition coefficient (Wildman–Crippen LogP) is 3.35. The summed E-state index contributed by atoms with van der Waals surface area (Å²) in [6, 6.07) is 7.13. The molecule has 6 heteroatoms. The number of hydrogen-bond donors (Lipinski definition) is 1. The van der Waals surface area contributed by atoms with Gasteiger partial charge in [0.1, 0.15) is 24.0 Å². The molecule has 0 aliphatic rings. The number of furan rings is 1. The molecule has 1 N–H and O–H groups in total. The Hall–Kier alpha value is -1.76. The van der Waals surface area contributed by atoms with Gasteiger partial charge in [-0.1, -0.05) is 13.0 Å². The Labute approximate surface area is 140 Å². The smallest absolute Gasteiger partial charge is 0.130 e. The molecule has 0 unspecified atom stereocenters. The third kappa shape index (κ3) is 6.03. The Bertz CT molecular complexity index is 604. The van der Waals surface area contributed by atoms with Crippen molar-refractivity contribution in [2.75, 3.05) is 19.7 Å². The van der Waals surface area contributed by atoms with Crippen molar-refractivity contribution in [3.05, 3.63) is 59.6 Å². The van der Waals surface area contributed by atoms with Crippen LogP contribution in [0.5, 0.6) is 0 Å². The third-order valence-corrected chi connectivity index (χ3v) is 3.55. The van der Waals surface area contributed by atoms with E-state index in [1.54, 1.807) is 18.4 Å². The summed E-state index contributed by atoms with van der Waals surface area (Å²) in [7, 11) is 0. The van der Waals surface area contributed by atoms with E-state index in [2.05, 4.69) is 0 Å². The van der Waals surface area contributed by atoms with Crippen molar-refractivity contribution in [2.24, 2.45) is 0 Å². The normalized spacial score (nSPS) is 12.7. The molecule has 4 nitrogen and oxygen atoms in total. The van der Waals surface area contributed by atoms with Gasteiger partial charge in [-0.05, 0) is 31.2 Å². The molecule has 0 bridgehead atoms. The van der Waals surface area contributed by atoms with Crippen LogP contribution in [0.25, 0.3) is 0 Å². The summed E-state index contributed by atoms with van der Waals surface area (Å²) >= 11 is 0. The van der Waals surface area contributed by atoms with Gasteiger partial charge in [0.25, 0.3) is 0 Å². The van der Waals surface area contributed by atoms with Crippen molar-refractivity contribution in [1.29, 1.82) is 0 Å². The molecule has 1 aromatic heterocycles.